The Morgan fingerprint density at radius 1 is 1.24 bits per heavy atom. The summed E-state index contributed by atoms with van der Waals surface area (Å²) < 4.78 is 5.48. The van der Waals surface area contributed by atoms with Crippen molar-refractivity contribution in [2.24, 2.45) is 5.73 Å². The molecule has 0 spiro atoms. The Morgan fingerprint density at radius 2 is 1.94 bits per heavy atom. The van der Waals surface area contributed by atoms with E-state index in [4.69, 9.17) is 10.5 Å². The van der Waals surface area contributed by atoms with Crippen LogP contribution in [0.3, 0.4) is 0 Å². The van der Waals surface area contributed by atoms with Crippen molar-refractivity contribution < 1.29 is 4.74 Å². The van der Waals surface area contributed by atoms with E-state index in [1.54, 1.807) is 7.11 Å². The van der Waals surface area contributed by atoms with E-state index in [9.17, 15) is 0 Å². The van der Waals surface area contributed by atoms with Crippen molar-refractivity contribution in [3.8, 4) is 5.75 Å². The SMILES string of the molecule is COc1c(CN)cccc1CCN1CCCC1. The summed E-state index contributed by atoms with van der Waals surface area (Å²) in [5.41, 5.74) is 8.11. The third-order valence-electron chi connectivity index (χ3n) is 3.50. The zero-order valence-electron chi connectivity index (χ0n) is 10.6. The normalized spacial score (nSPS) is 16.4. The number of likely N-dealkylation sites (tertiary alicyclic amines) is 1. The first-order valence-electron chi connectivity index (χ1n) is 6.42. The second-order valence-electron chi connectivity index (χ2n) is 4.61. The van der Waals surface area contributed by atoms with Crippen LogP contribution in [0.1, 0.15) is 24.0 Å². The van der Waals surface area contributed by atoms with Gasteiger partial charge in [0.15, 0.2) is 0 Å². The molecule has 2 N–H and O–H groups in total. The molecule has 0 bridgehead atoms. The van der Waals surface area contributed by atoms with Crippen molar-refractivity contribution in [3.05, 3.63) is 29.3 Å². The van der Waals surface area contributed by atoms with Crippen molar-refractivity contribution in [1.82, 2.24) is 4.90 Å². The second kappa shape index (κ2) is 6.03. The first-order valence-corrected chi connectivity index (χ1v) is 6.42. The largest absolute Gasteiger partial charge is 0.496 e. The van der Waals surface area contributed by atoms with Gasteiger partial charge in [-0.2, -0.15) is 0 Å². The van der Waals surface area contributed by atoms with Crippen LogP contribution in [0.2, 0.25) is 0 Å². The molecule has 1 saturated heterocycles. The molecule has 0 atom stereocenters. The Balaban J connectivity index is 2.03. The Labute approximate surface area is 104 Å². The summed E-state index contributed by atoms with van der Waals surface area (Å²) in [5, 5.41) is 0. The molecule has 3 heteroatoms. The van der Waals surface area contributed by atoms with Gasteiger partial charge in [-0.05, 0) is 37.9 Å². The third kappa shape index (κ3) is 2.99. The van der Waals surface area contributed by atoms with Gasteiger partial charge in [0.25, 0.3) is 0 Å². The van der Waals surface area contributed by atoms with Gasteiger partial charge in [0.1, 0.15) is 5.75 Å². The molecular weight excluding hydrogens is 212 g/mol. The summed E-state index contributed by atoms with van der Waals surface area (Å²) in [4.78, 5) is 2.52. The van der Waals surface area contributed by atoms with Crippen LogP contribution in [0.15, 0.2) is 18.2 Å². The Hall–Kier alpha value is -1.06. The lowest BCUT2D eigenvalue weighted by Crippen LogP contribution is -2.22. The number of ether oxygens (including phenoxy) is 1. The summed E-state index contributed by atoms with van der Waals surface area (Å²) in [6.07, 6.45) is 3.75. The smallest absolute Gasteiger partial charge is 0.126 e. The van der Waals surface area contributed by atoms with E-state index in [0.717, 1.165) is 24.3 Å². The predicted molar refractivity (Wildman–Crippen MR) is 70.3 cm³/mol. The molecular formula is C14H22N2O. The maximum absolute atomic E-state index is 5.72. The van der Waals surface area contributed by atoms with Crippen molar-refractivity contribution in [3.63, 3.8) is 0 Å². The first kappa shape index (κ1) is 12.4. The standard InChI is InChI=1S/C14H22N2O/c1-17-14-12(5-4-6-13(14)11-15)7-10-16-8-2-3-9-16/h4-6H,2-3,7-11,15H2,1H3. The average molecular weight is 234 g/mol. The predicted octanol–water partition coefficient (Wildman–Crippen LogP) is 1.79. The van der Waals surface area contributed by atoms with Crippen LogP contribution in [0.25, 0.3) is 0 Å². The number of nitrogens with two attached hydrogens (primary N) is 1. The lowest BCUT2D eigenvalue weighted by molar-refractivity contribution is 0.339. The zero-order valence-corrected chi connectivity index (χ0v) is 10.6. The molecule has 0 unspecified atom stereocenters. The zero-order chi connectivity index (χ0) is 12.1. The Morgan fingerprint density at radius 3 is 2.59 bits per heavy atom. The maximum Gasteiger partial charge on any atom is 0.126 e. The fourth-order valence-electron chi connectivity index (χ4n) is 2.54. The van der Waals surface area contributed by atoms with Crippen LogP contribution in [0, 0.1) is 0 Å². The maximum atomic E-state index is 5.72. The molecule has 1 aromatic carbocycles. The van der Waals surface area contributed by atoms with Gasteiger partial charge in [0.2, 0.25) is 0 Å². The topological polar surface area (TPSA) is 38.5 Å². The van der Waals surface area contributed by atoms with Crippen LogP contribution in [0.5, 0.6) is 5.75 Å². The first-order chi connectivity index (χ1) is 8.35. The van der Waals surface area contributed by atoms with E-state index in [1.807, 2.05) is 6.07 Å². The highest BCUT2D eigenvalue weighted by Crippen LogP contribution is 2.24. The van der Waals surface area contributed by atoms with Gasteiger partial charge >= 0.3 is 0 Å². The van der Waals surface area contributed by atoms with E-state index in [0.29, 0.717) is 6.54 Å². The number of hydrogen-bond acceptors (Lipinski definition) is 3. The van der Waals surface area contributed by atoms with E-state index < -0.39 is 0 Å². The molecule has 17 heavy (non-hydrogen) atoms. The molecule has 0 saturated carbocycles. The monoisotopic (exact) mass is 234 g/mol. The highest BCUT2D eigenvalue weighted by molar-refractivity contribution is 5.41. The van der Waals surface area contributed by atoms with Crippen molar-refractivity contribution in [1.29, 1.82) is 0 Å². The van der Waals surface area contributed by atoms with Gasteiger partial charge in [0, 0.05) is 18.7 Å². The van der Waals surface area contributed by atoms with E-state index in [1.165, 1.54) is 31.5 Å². The quantitative estimate of drug-likeness (QED) is 0.844. The van der Waals surface area contributed by atoms with Crippen molar-refractivity contribution in [2.75, 3.05) is 26.7 Å². The summed E-state index contributed by atoms with van der Waals surface area (Å²) >= 11 is 0. The van der Waals surface area contributed by atoms with Gasteiger partial charge in [-0.15, -0.1) is 0 Å². The highest BCUT2D eigenvalue weighted by Gasteiger charge is 2.13. The molecule has 2 rings (SSSR count). The number of para-hydroxylation sites is 1. The van der Waals surface area contributed by atoms with Crippen molar-refractivity contribution >= 4 is 0 Å². The summed E-state index contributed by atoms with van der Waals surface area (Å²) in [6, 6.07) is 6.26. The van der Waals surface area contributed by atoms with Gasteiger partial charge in [-0.3, -0.25) is 0 Å². The van der Waals surface area contributed by atoms with Crippen LogP contribution in [-0.4, -0.2) is 31.6 Å². The molecule has 0 aromatic heterocycles. The minimum Gasteiger partial charge on any atom is -0.496 e. The molecule has 94 valence electrons. The number of methoxy groups -OCH3 is 1. The molecule has 0 amide bonds. The number of benzene rings is 1. The molecule has 0 radical (unpaired) electrons. The number of hydrogen-bond donors (Lipinski definition) is 1. The number of nitrogens with zero attached hydrogens (tertiary/aromatic N) is 1. The molecule has 1 aliphatic heterocycles. The summed E-state index contributed by atoms with van der Waals surface area (Å²) in [7, 11) is 1.73. The molecule has 1 aliphatic rings. The van der Waals surface area contributed by atoms with Crippen LogP contribution >= 0.6 is 0 Å². The Bertz CT molecular complexity index is 359. The fraction of sp³-hybridized carbons (Fsp3) is 0.571. The van der Waals surface area contributed by atoms with Gasteiger partial charge in [0.05, 0.1) is 7.11 Å². The van der Waals surface area contributed by atoms with Gasteiger partial charge < -0.3 is 15.4 Å². The lowest BCUT2D eigenvalue weighted by Gasteiger charge is -2.17. The third-order valence-corrected chi connectivity index (χ3v) is 3.50. The summed E-state index contributed by atoms with van der Waals surface area (Å²) in [5.74, 6) is 0.981. The minimum atomic E-state index is 0.542. The molecule has 1 heterocycles. The van der Waals surface area contributed by atoms with E-state index >= 15 is 0 Å². The average Bonchev–Trinajstić information content (AvgIpc) is 2.88. The van der Waals surface area contributed by atoms with Crippen molar-refractivity contribution in [2.45, 2.75) is 25.8 Å². The fourth-order valence-corrected chi connectivity index (χ4v) is 2.54. The summed E-state index contributed by atoms with van der Waals surface area (Å²) in [6.45, 7) is 4.17. The minimum absolute atomic E-state index is 0.542. The number of rotatable bonds is 5. The van der Waals surface area contributed by atoms with Gasteiger partial charge in [-0.1, -0.05) is 18.2 Å². The molecule has 3 nitrogen and oxygen atoms in total. The van der Waals surface area contributed by atoms with E-state index in [-0.39, 0.29) is 0 Å². The van der Waals surface area contributed by atoms with Crippen LogP contribution in [-0.2, 0) is 13.0 Å². The molecule has 1 aromatic rings. The highest BCUT2D eigenvalue weighted by atomic mass is 16.5. The van der Waals surface area contributed by atoms with Crippen LogP contribution in [0.4, 0.5) is 0 Å². The van der Waals surface area contributed by atoms with E-state index in [2.05, 4.69) is 17.0 Å². The molecule has 0 aliphatic carbocycles. The molecule has 1 fully saturated rings. The second-order valence-corrected chi connectivity index (χ2v) is 4.61. The lowest BCUT2D eigenvalue weighted by atomic mass is 10.1. The van der Waals surface area contributed by atoms with Crippen LogP contribution < -0.4 is 10.5 Å². The van der Waals surface area contributed by atoms with Gasteiger partial charge in [-0.25, -0.2) is 0 Å². The Kier molecular flexibility index (Phi) is 4.40.